The number of aryl methyl sites for hydroxylation is 2. The number of hydrogen-bond donors (Lipinski definition) is 1. The van der Waals surface area contributed by atoms with Crippen LogP contribution >= 0.6 is 0 Å². The Morgan fingerprint density at radius 3 is 2.59 bits per heavy atom. The van der Waals surface area contributed by atoms with Gasteiger partial charge in [-0.1, -0.05) is 6.07 Å². The third-order valence-electron chi connectivity index (χ3n) is 4.73. The highest BCUT2D eigenvalue weighted by molar-refractivity contribution is 7.89. The first-order valence-electron chi connectivity index (χ1n) is 9.77. The first-order valence-corrected chi connectivity index (χ1v) is 11.2. The lowest BCUT2D eigenvalue weighted by molar-refractivity contribution is 0.309. The number of nitrogens with one attached hydrogen (secondary N) is 1. The zero-order valence-electron chi connectivity index (χ0n) is 17.1. The van der Waals surface area contributed by atoms with Gasteiger partial charge in [-0.2, -0.15) is 4.98 Å². The van der Waals surface area contributed by atoms with Crippen molar-refractivity contribution in [1.29, 1.82) is 0 Å². The largest absolute Gasteiger partial charge is 0.495 e. The summed E-state index contributed by atoms with van der Waals surface area (Å²) in [5.74, 6) is 2.25. The molecule has 9 heteroatoms. The fourth-order valence-electron chi connectivity index (χ4n) is 3.29. The van der Waals surface area contributed by atoms with Gasteiger partial charge in [0.2, 0.25) is 15.9 Å². The molecule has 0 radical (unpaired) electrons. The third kappa shape index (κ3) is 5.57. The molecule has 0 unspecified atom stereocenters. The molecule has 1 aromatic carbocycles. The Morgan fingerprint density at radius 1 is 1.10 bits per heavy atom. The van der Waals surface area contributed by atoms with Gasteiger partial charge in [-0.3, -0.25) is 0 Å². The predicted octanol–water partition coefficient (Wildman–Crippen LogP) is 2.45. The monoisotopic (exact) mass is 420 g/mol. The Kier molecular flexibility index (Phi) is 6.92. The van der Waals surface area contributed by atoms with Crippen LogP contribution in [0.4, 0.5) is 5.82 Å². The van der Waals surface area contributed by atoms with Crippen molar-refractivity contribution in [3.63, 3.8) is 0 Å². The van der Waals surface area contributed by atoms with E-state index in [-0.39, 0.29) is 18.0 Å². The molecule has 1 aliphatic heterocycles. The molecule has 3 rings (SSSR count). The summed E-state index contributed by atoms with van der Waals surface area (Å²) in [6.45, 7) is 5.89. The molecular weight excluding hydrogens is 392 g/mol. The van der Waals surface area contributed by atoms with Crippen molar-refractivity contribution in [2.75, 3.05) is 38.3 Å². The van der Waals surface area contributed by atoms with Crippen molar-refractivity contribution in [2.24, 2.45) is 0 Å². The number of methoxy groups -OCH3 is 1. The fourth-order valence-corrected chi connectivity index (χ4v) is 4.55. The van der Waals surface area contributed by atoms with Crippen LogP contribution in [0.15, 0.2) is 29.2 Å². The minimum absolute atomic E-state index is 0.113. The number of hydrogen-bond acceptors (Lipinski definition) is 7. The third-order valence-corrected chi connectivity index (χ3v) is 6.22. The van der Waals surface area contributed by atoms with E-state index in [4.69, 9.17) is 9.47 Å². The van der Waals surface area contributed by atoms with Gasteiger partial charge in [0.1, 0.15) is 28.9 Å². The van der Waals surface area contributed by atoms with E-state index >= 15 is 0 Å². The van der Waals surface area contributed by atoms with E-state index in [0.29, 0.717) is 17.5 Å². The molecule has 0 bridgehead atoms. The maximum Gasteiger partial charge on any atom is 0.244 e. The highest BCUT2D eigenvalue weighted by Gasteiger charge is 2.19. The summed E-state index contributed by atoms with van der Waals surface area (Å²) in [4.78, 5) is 11.2. The molecule has 29 heavy (non-hydrogen) atoms. The molecule has 0 atom stereocenters. The van der Waals surface area contributed by atoms with Gasteiger partial charge in [0, 0.05) is 25.7 Å². The number of benzene rings is 1. The van der Waals surface area contributed by atoms with Gasteiger partial charge in [-0.15, -0.1) is 0 Å². The van der Waals surface area contributed by atoms with E-state index in [1.807, 2.05) is 19.9 Å². The molecule has 2 aromatic rings. The number of rotatable bonds is 8. The Morgan fingerprint density at radius 2 is 1.86 bits per heavy atom. The summed E-state index contributed by atoms with van der Waals surface area (Å²) < 4.78 is 38.6. The van der Waals surface area contributed by atoms with Crippen LogP contribution in [0.3, 0.4) is 0 Å². The van der Waals surface area contributed by atoms with Crippen LogP contribution in [0, 0.1) is 13.8 Å². The highest BCUT2D eigenvalue weighted by Crippen LogP contribution is 2.24. The molecule has 0 aliphatic carbocycles. The van der Waals surface area contributed by atoms with E-state index in [1.165, 1.54) is 13.5 Å². The molecule has 1 fully saturated rings. The summed E-state index contributed by atoms with van der Waals surface area (Å²) in [7, 11) is -2.26. The lowest BCUT2D eigenvalue weighted by atomic mass is 10.1. The molecule has 1 saturated heterocycles. The molecule has 0 amide bonds. The lowest BCUT2D eigenvalue weighted by Gasteiger charge is -2.28. The van der Waals surface area contributed by atoms with Crippen molar-refractivity contribution in [3.05, 3.63) is 35.7 Å². The number of piperidine rings is 1. The van der Waals surface area contributed by atoms with Gasteiger partial charge in [-0.05, 0) is 50.8 Å². The minimum Gasteiger partial charge on any atom is -0.495 e. The number of ether oxygens (including phenoxy) is 2. The van der Waals surface area contributed by atoms with E-state index in [2.05, 4.69) is 19.6 Å². The van der Waals surface area contributed by atoms with Crippen molar-refractivity contribution in [3.8, 4) is 11.6 Å². The second-order valence-electron chi connectivity index (χ2n) is 7.06. The highest BCUT2D eigenvalue weighted by atomic mass is 32.2. The summed E-state index contributed by atoms with van der Waals surface area (Å²) in [5, 5.41) is 0. The predicted molar refractivity (Wildman–Crippen MR) is 111 cm³/mol. The van der Waals surface area contributed by atoms with Crippen molar-refractivity contribution < 1.29 is 17.9 Å². The quantitative estimate of drug-likeness (QED) is 0.656. The molecule has 158 valence electrons. The van der Waals surface area contributed by atoms with Crippen molar-refractivity contribution in [1.82, 2.24) is 14.7 Å². The molecule has 1 aliphatic rings. The van der Waals surface area contributed by atoms with Gasteiger partial charge in [0.15, 0.2) is 0 Å². The Labute approximate surface area is 172 Å². The van der Waals surface area contributed by atoms with Crippen LogP contribution < -0.4 is 19.1 Å². The topological polar surface area (TPSA) is 93.7 Å². The number of aromatic nitrogens is 2. The molecular formula is C20H28N4O4S. The molecule has 2 heterocycles. The fraction of sp³-hybridized carbons (Fsp3) is 0.500. The first-order chi connectivity index (χ1) is 13.9. The number of anilines is 1. The average Bonchev–Trinajstić information content (AvgIpc) is 2.71. The second-order valence-corrected chi connectivity index (χ2v) is 8.80. The van der Waals surface area contributed by atoms with Crippen LogP contribution in [0.2, 0.25) is 0 Å². The van der Waals surface area contributed by atoms with E-state index < -0.39 is 10.0 Å². The standard InChI is InChI=1S/C20H28N4O4S/c1-15-7-8-17(27-3)18(13-15)29(25,26)21-9-12-28-20-14-19(22-16(2)23-20)24-10-5-4-6-11-24/h7-8,13-14,21H,4-6,9-12H2,1-3H3. The van der Waals surface area contributed by atoms with Gasteiger partial charge < -0.3 is 14.4 Å². The Bertz CT molecular complexity index is 943. The molecule has 8 nitrogen and oxygen atoms in total. The SMILES string of the molecule is COc1ccc(C)cc1S(=O)(=O)NCCOc1cc(N2CCCCC2)nc(C)n1. The maximum atomic E-state index is 12.6. The lowest BCUT2D eigenvalue weighted by Crippen LogP contribution is -2.30. The van der Waals surface area contributed by atoms with Crippen molar-refractivity contribution >= 4 is 15.8 Å². The first kappa shape index (κ1) is 21.3. The van der Waals surface area contributed by atoms with Crippen LogP contribution in [0.25, 0.3) is 0 Å². The van der Waals surface area contributed by atoms with Gasteiger partial charge >= 0.3 is 0 Å². The zero-order chi connectivity index (χ0) is 20.9. The molecule has 1 N–H and O–H groups in total. The zero-order valence-corrected chi connectivity index (χ0v) is 18.0. The van der Waals surface area contributed by atoms with Gasteiger partial charge in [-0.25, -0.2) is 18.1 Å². The van der Waals surface area contributed by atoms with Gasteiger partial charge in [0.05, 0.1) is 7.11 Å². The van der Waals surface area contributed by atoms with Crippen LogP contribution in [-0.2, 0) is 10.0 Å². The summed E-state index contributed by atoms with van der Waals surface area (Å²) >= 11 is 0. The summed E-state index contributed by atoms with van der Waals surface area (Å²) in [6, 6.07) is 6.85. The van der Waals surface area contributed by atoms with E-state index in [1.54, 1.807) is 18.2 Å². The molecule has 1 aromatic heterocycles. The summed E-state index contributed by atoms with van der Waals surface area (Å²) in [6.07, 6.45) is 3.56. The summed E-state index contributed by atoms with van der Waals surface area (Å²) in [5.41, 5.74) is 0.837. The smallest absolute Gasteiger partial charge is 0.244 e. The van der Waals surface area contributed by atoms with Crippen LogP contribution in [-0.4, -0.2) is 51.7 Å². The van der Waals surface area contributed by atoms with E-state index in [0.717, 1.165) is 37.3 Å². The average molecular weight is 421 g/mol. The van der Waals surface area contributed by atoms with E-state index in [9.17, 15) is 8.42 Å². The Balaban J connectivity index is 1.60. The minimum atomic E-state index is -3.71. The second kappa shape index (κ2) is 9.41. The number of nitrogens with zero attached hydrogens (tertiary/aromatic N) is 3. The van der Waals surface area contributed by atoms with Crippen LogP contribution in [0.5, 0.6) is 11.6 Å². The molecule has 0 saturated carbocycles. The van der Waals surface area contributed by atoms with Crippen LogP contribution in [0.1, 0.15) is 30.7 Å². The Hall–Kier alpha value is -2.39. The van der Waals surface area contributed by atoms with Crippen molar-refractivity contribution in [2.45, 2.75) is 38.0 Å². The molecule has 0 spiro atoms. The number of sulfonamides is 1. The maximum absolute atomic E-state index is 12.6. The normalized spacial score (nSPS) is 14.7. The van der Waals surface area contributed by atoms with Gasteiger partial charge in [0.25, 0.3) is 0 Å².